The monoisotopic (exact) mass is 532 g/mol. The molecule has 0 bridgehead atoms. The van der Waals surface area contributed by atoms with Gasteiger partial charge in [-0.3, -0.25) is 14.5 Å². The summed E-state index contributed by atoms with van der Waals surface area (Å²) < 4.78 is 34.7. The van der Waals surface area contributed by atoms with Crippen molar-refractivity contribution in [2.24, 2.45) is 5.92 Å². The molecule has 1 N–H and O–H groups in total. The molecule has 1 unspecified atom stereocenters. The number of aromatic nitrogens is 1. The van der Waals surface area contributed by atoms with Gasteiger partial charge in [0, 0.05) is 43.5 Å². The van der Waals surface area contributed by atoms with Crippen LogP contribution in [0.5, 0.6) is 5.75 Å². The second-order valence-corrected chi connectivity index (χ2v) is 11.3. The van der Waals surface area contributed by atoms with E-state index >= 15 is 0 Å². The van der Waals surface area contributed by atoms with Crippen LogP contribution in [0, 0.1) is 5.92 Å². The highest BCUT2D eigenvalue weighted by Gasteiger charge is 2.29. The van der Waals surface area contributed by atoms with E-state index in [1.54, 1.807) is 37.6 Å². The van der Waals surface area contributed by atoms with Crippen LogP contribution in [0.2, 0.25) is 0 Å². The lowest BCUT2D eigenvalue weighted by Gasteiger charge is -2.28. The average Bonchev–Trinajstić information content (AvgIpc) is 3.19. The lowest BCUT2D eigenvalue weighted by molar-refractivity contribution is -0.133. The van der Waals surface area contributed by atoms with Gasteiger partial charge in [0.2, 0.25) is 5.91 Å². The standard InChI is InChI=1S/C29H32N4O4S/c1-21-20-23(29(34)33-17-7-16-32(18-19-33)25-10-3-4-11-26(25)37-2)13-14-24(21)31-38(35,36)27-12-5-8-22-9-6-15-30-28(22)27/h3-6,8-15,23,31H,7,16-20H2,1-2H3. The molecule has 38 heavy (non-hydrogen) atoms. The smallest absolute Gasteiger partial charge is 0.264 e. The summed E-state index contributed by atoms with van der Waals surface area (Å²) in [6.07, 6.45) is 6.45. The highest BCUT2D eigenvalue weighted by molar-refractivity contribution is 7.89. The molecule has 2 heterocycles. The normalized spacial score (nSPS) is 18.4. The number of hydrogen-bond donors (Lipinski definition) is 1. The maximum atomic E-state index is 13.4. The van der Waals surface area contributed by atoms with Crippen molar-refractivity contribution in [1.29, 1.82) is 0 Å². The summed E-state index contributed by atoms with van der Waals surface area (Å²) in [6.45, 7) is 4.75. The molecule has 0 saturated carbocycles. The van der Waals surface area contributed by atoms with Gasteiger partial charge in [-0.15, -0.1) is 0 Å². The lowest BCUT2D eigenvalue weighted by Crippen LogP contribution is -2.39. The van der Waals surface area contributed by atoms with Crippen molar-refractivity contribution in [3.8, 4) is 5.75 Å². The third-order valence-corrected chi connectivity index (χ3v) is 8.56. The van der Waals surface area contributed by atoms with Gasteiger partial charge in [-0.2, -0.15) is 0 Å². The zero-order valence-electron chi connectivity index (χ0n) is 21.6. The topological polar surface area (TPSA) is 91.8 Å². The molecule has 1 amide bonds. The van der Waals surface area contributed by atoms with E-state index in [-0.39, 0.29) is 16.7 Å². The lowest BCUT2D eigenvalue weighted by atomic mass is 9.92. The summed E-state index contributed by atoms with van der Waals surface area (Å²) in [6, 6.07) is 16.7. The number of ether oxygens (including phenoxy) is 1. The fourth-order valence-corrected chi connectivity index (χ4v) is 6.47. The molecule has 1 aliphatic carbocycles. The predicted octanol–water partition coefficient (Wildman–Crippen LogP) is 4.11. The Kier molecular flexibility index (Phi) is 7.37. The molecule has 1 aliphatic heterocycles. The number of para-hydroxylation sites is 3. The summed E-state index contributed by atoms with van der Waals surface area (Å²) in [7, 11) is -2.18. The fourth-order valence-electron chi connectivity index (χ4n) is 5.15. The maximum absolute atomic E-state index is 13.4. The summed E-state index contributed by atoms with van der Waals surface area (Å²) >= 11 is 0. The average molecular weight is 533 g/mol. The quantitative estimate of drug-likeness (QED) is 0.514. The molecule has 1 aromatic heterocycles. The van der Waals surface area contributed by atoms with Gasteiger partial charge in [-0.25, -0.2) is 8.42 Å². The van der Waals surface area contributed by atoms with Crippen LogP contribution in [0.4, 0.5) is 5.69 Å². The van der Waals surface area contributed by atoms with Crippen molar-refractivity contribution in [3.05, 3.63) is 84.2 Å². The predicted molar refractivity (Wildman–Crippen MR) is 148 cm³/mol. The van der Waals surface area contributed by atoms with Crippen LogP contribution in [0.25, 0.3) is 10.9 Å². The first-order valence-electron chi connectivity index (χ1n) is 12.8. The largest absolute Gasteiger partial charge is 0.495 e. The second-order valence-electron chi connectivity index (χ2n) is 9.64. The van der Waals surface area contributed by atoms with Gasteiger partial charge >= 0.3 is 0 Å². The van der Waals surface area contributed by atoms with Crippen LogP contribution in [0.1, 0.15) is 19.8 Å². The van der Waals surface area contributed by atoms with Gasteiger partial charge in [0.1, 0.15) is 10.6 Å². The van der Waals surface area contributed by atoms with Crippen molar-refractivity contribution in [2.45, 2.75) is 24.7 Å². The van der Waals surface area contributed by atoms with Crippen LogP contribution >= 0.6 is 0 Å². The second kappa shape index (κ2) is 10.9. The third kappa shape index (κ3) is 5.24. The Balaban J connectivity index is 1.25. The minimum absolute atomic E-state index is 0.0719. The molecular weight excluding hydrogens is 500 g/mol. The van der Waals surface area contributed by atoms with Crippen molar-refractivity contribution in [2.75, 3.05) is 38.2 Å². The van der Waals surface area contributed by atoms with Gasteiger partial charge in [-0.1, -0.05) is 36.4 Å². The number of benzene rings is 2. The summed E-state index contributed by atoms with van der Waals surface area (Å²) in [5.74, 6) is 0.584. The van der Waals surface area contributed by atoms with Gasteiger partial charge in [0.15, 0.2) is 0 Å². The number of amides is 1. The Morgan fingerprint density at radius 1 is 1.03 bits per heavy atom. The molecule has 9 heteroatoms. The Morgan fingerprint density at radius 2 is 1.84 bits per heavy atom. The van der Waals surface area contributed by atoms with E-state index in [0.717, 1.165) is 41.9 Å². The van der Waals surface area contributed by atoms with Crippen molar-refractivity contribution in [3.63, 3.8) is 0 Å². The minimum atomic E-state index is -3.85. The highest BCUT2D eigenvalue weighted by atomic mass is 32.2. The van der Waals surface area contributed by atoms with Gasteiger partial charge in [0.25, 0.3) is 10.0 Å². The molecule has 3 aromatic rings. The van der Waals surface area contributed by atoms with E-state index < -0.39 is 10.0 Å². The van der Waals surface area contributed by atoms with Crippen molar-refractivity contribution in [1.82, 2.24) is 14.6 Å². The number of fused-ring (bicyclic) bond motifs is 1. The van der Waals surface area contributed by atoms with Crippen molar-refractivity contribution < 1.29 is 17.9 Å². The number of carbonyl (C=O) groups is 1. The number of nitrogens with zero attached hydrogens (tertiary/aromatic N) is 3. The fraction of sp³-hybridized carbons (Fsp3) is 0.310. The van der Waals surface area contributed by atoms with Gasteiger partial charge in [0.05, 0.1) is 24.2 Å². The number of carbonyl (C=O) groups excluding carboxylic acids is 1. The number of sulfonamides is 1. The molecule has 198 valence electrons. The van der Waals surface area contributed by atoms with E-state index in [4.69, 9.17) is 4.74 Å². The Morgan fingerprint density at radius 3 is 2.66 bits per heavy atom. The Hall–Kier alpha value is -3.85. The molecule has 0 radical (unpaired) electrons. The number of nitrogens with one attached hydrogen (secondary N) is 1. The zero-order valence-corrected chi connectivity index (χ0v) is 22.4. The molecule has 1 fully saturated rings. The number of allylic oxidation sites excluding steroid dienone is 2. The van der Waals surface area contributed by atoms with Crippen molar-refractivity contribution >= 4 is 32.5 Å². The molecule has 8 nitrogen and oxygen atoms in total. The summed E-state index contributed by atoms with van der Waals surface area (Å²) in [4.78, 5) is 22.0. The Labute approximate surface area is 223 Å². The number of hydrogen-bond acceptors (Lipinski definition) is 6. The van der Waals surface area contributed by atoms with E-state index in [9.17, 15) is 13.2 Å². The summed E-state index contributed by atoms with van der Waals surface area (Å²) in [5.41, 5.74) is 2.80. The maximum Gasteiger partial charge on any atom is 0.264 e. The number of pyridine rings is 1. The summed E-state index contributed by atoms with van der Waals surface area (Å²) in [5, 5.41) is 0.757. The van der Waals surface area contributed by atoms with Gasteiger partial charge < -0.3 is 14.5 Å². The molecular formula is C29H32N4O4S. The first-order valence-corrected chi connectivity index (χ1v) is 14.3. The van der Waals surface area contributed by atoms with Crippen LogP contribution in [0.3, 0.4) is 0 Å². The minimum Gasteiger partial charge on any atom is -0.495 e. The molecule has 0 spiro atoms. The zero-order chi connectivity index (χ0) is 26.7. The van der Waals surface area contributed by atoms with E-state index in [2.05, 4.69) is 14.6 Å². The first-order chi connectivity index (χ1) is 18.4. The Bertz CT molecular complexity index is 1510. The van der Waals surface area contributed by atoms with E-state index in [0.29, 0.717) is 30.7 Å². The number of rotatable bonds is 6. The van der Waals surface area contributed by atoms with Gasteiger partial charge in [-0.05, 0) is 55.7 Å². The number of anilines is 1. The van der Waals surface area contributed by atoms with E-state index in [1.165, 1.54) is 0 Å². The molecule has 2 aliphatic rings. The first kappa shape index (κ1) is 25.8. The SMILES string of the molecule is COc1ccccc1N1CCCN(C(=O)C2C=CC(NS(=O)(=O)c3cccc4cccnc34)=C(C)C2)CC1. The highest BCUT2D eigenvalue weighted by Crippen LogP contribution is 2.30. The van der Waals surface area contributed by atoms with Crippen LogP contribution in [-0.4, -0.2) is 57.5 Å². The molecule has 2 aromatic carbocycles. The molecule has 1 atom stereocenters. The van der Waals surface area contributed by atoms with Crippen LogP contribution < -0.4 is 14.4 Å². The molecule has 1 saturated heterocycles. The third-order valence-electron chi connectivity index (χ3n) is 7.16. The number of methoxy groups -OCH3 is 1. The van der Waals surface area contributed by atoms with E-state index in [1.807, 2.05) is 54.3 Å². The van der Waals surface area contributed by atoms with Crippen LogP contribution in [0.15, 0.2) is 89.1 Å². The molecule has 5 rings (SSSR count). The van der Waals surface area contributed by atoms with Crippen LogP contribution in [-0.2, 0) is 14.8 Å².